The smallest absolute Gasteiger partial charge is 0.311 e. The average molecular weight is 317 g/mol. The van der Waals surface area contributed by atoms with Gasteiger partial charge in [-0.25, -0.2) is 4.98 Å². The molecule has 0 atom stereocenters. The third-order valence-corrected chi connectivity index (χ3v) is 3.84. The van der Waals surface area contributed by atoms with Crippen LogP contribution < -0.4 is 5.43 Å². The van der Waals surface area contributed by atoms with Crippen LogP contribution in [0.15, 0.2) is 35.6 Å². The van der Waals surface area contributed by atoms with E-state index in [4.69, 9.17) is 4.74 Å². The fourth-order valence-electron chi connectivity index (χ4n) is 1.80. The van der Waals surface area contributed by atoms with Crippen molar-refractivity contribution in [2.45, 2.75) is 26.7 Å². The molecular weight excluding hydrogens is 298 g/mol. The zero-order chi connectivity index (χ0) is 15.8. The lowest BCUT2D eigenvalue weighted by Gasteiger charge is -1.98. The number of hydrogen-bond acceptors (Lipinski definition) is 6. The van der Waals surface area contributed by atoms with Gasteiger partial charge in [0.25, 0.3) is 0 Å². The van der Waals surface area contributed by atoms with Crippen LogP contribution in [0.4, 0.5) is 5.13 Å². The van der Waals surface area contributed by atoms with Gasteiger partial charge in [0.1, 0.15) is 0 Å². The number of rotatable bonds is 7. The molecule has 116 valence electrons. The lowest BCUT2D eigenvalue weighted by atomic mass is 10.1. The Morgan fingerprint density at radius 3 is 2.82 bits per heavy atom. The maximum Gasteiger partial charge on any atom is 0.311 e. The van der Waals surface area contributed by atoms with E-state index in [1.54, 1.807) is 19.3 Å². The van der Waals surface area contributed by atoms with Crippen LogP contribution >= 0.6 is 11.3 Å². The number of carbonyl (C=O) groups is 1. The summed E-state index contributed by atoms with van der Waals surface area (Å²) in [5.41, 5.74) is 5.19. The first-order chi connectivity index (χ1) is 10.7. The number of nitrogens with one attached hydrogen (secondary N) is 1. The zero-order valence-electron chi connectivity index (χ0n) is 12.7. The predicted molar refractivity (Wildman–Crippen MR) is 89.5 cm³/mol. The normalized spacial score (nSPS) is 10.8. The number of thiazole rings is 1. The number of aryl methyl sites for hydroxylation is 1. The second-order valence-corrected chi connectivity index (χ2v) is 5.69. The molecule has 1 N–H and O–H groups in total. The fourth-order valence-corrected chi connectivity index (χ4v) is 2.54. The highest BCUT2D eigenvalue weighted by Crippen LogP contribution is 2.18. The van der Waals surface area contributed by atoms with E-state index in [-0.39, 0.29) is 12.4 Å². The first-order valence-corrected chi connectivity index (χ1v) is 8.01. The number of esters is 1. The lowest BCUT2D eigenvalue weighted by Crippen LogP contribution is -2.06. The lowest BCUT2D eigenvalue weighted by molar-refractivity contribution is -0.142. The van der Waals surface area contributed by atoms with Gasteiger partial charge in [-0.2, -0.15) is 5.10 Å². The second kappa shape index (κ2) is 8.29. The molecule has 0 saturated carbocycles. The van der Waals surface area contributed by atoms with Crippen molar-refractivity contribution in [3.8, 4) is 0 Å². The molecule has 0 saturated heterocycles. The topological polar surface area (TPSA) is 63.6 Å². The SMILES string of the molecule is CCOC(=O)Cc1cnc(N/N=C/c2ccc(CC)cc2)s1. The highest BCUT2D eigenvalue weighted by atomic mass is 32.1. The number of hydrogen-bond donors (Lipinski definition) is 1. The Morgan fingerprint density at radius 2 is 2.14 bits per heavy atom. The van der Waals surface area contributed by atoms with Crippen molar-refractivity contribution in [1.29, 1.82) is 0 Å². The quantitative estimate of drug-likeness (QED) is 0.484. The molecule has 0 bridgehead atoms. The van der Waals surface area contributed by atoms with Crippen molar-refractivity contribution in [3.63, 3.8) is 0 Å². The summed E-state index contributed by atoms with van der Waals surface area (Å²) in [6.45, 7) is 4.31. The predicted octanol–water partition coefficient (Wildman–Crippen LogP) is 3.26. The van der Waals surface area contributed by atoms with Gasteiger partial charge in [-0.05, 0) is 24.5 Å². The fraction of sp³-hybridized carbons (Fsp3) is 0.312. The van der Waals surface area contributed by atoms with Crippen LogP contribution in [0.1, 0.15) is 29.9 Å². The molecule has 0 aliphatic rings. The summed E-state index contributed by atoms with van der Waals surface area (Å²) in [6, 6.07) is 8.22. The Hall–Kier alpha value is -2.21. The molecule has 0 aliphatic heterocycles. The minimum Gasteiger partial charge on any atom is -0.466 e. The monoisotopic (exact) mass is 317 g/mol. The molecular formula is C16H19N3O2S. The summed E-state index contributed by atoms with van der Waals surface area (Å²) in [5.74, 6) is -0.239. The van der Waals surface area contributed by atoms with E-state index in [2.05, 4.69) is 34.6 Å². The van der Waals surface area contributed by atoms with Crippen LogP contribution in [0.5, 0.6) is 0 Å². The van der Waals surface area contributed by atoms with Gasteiger partial charge in [-0.3, -0.25) is 10.2 Å². The van der Waals surface area contributed by atoms with Crippen LogP contribution in [-0.4, -0.2) is 23.8 Å². The second-order valence-electron chi connectivity index (χ2n) is 4.58. The molecule has 0 spiro atoms. The maximum atomic E-state index is 11.4. The number of benzene rings is 1. The van der Waals surface area contributed by atoms with Gasteiger partial charge >= 0.3 is 5.97 Å². The number of ether oxygens (including phenoxy) is 1. The molecule has 0 radical (unpaired) electrons. The first kappa shape index (κ1) is 16.2. The van der Waals surface area contributed by atoms with Crippen molar-refractivity contribution in [2.24, 2.45) is 5.10 Å². The largest absolute Gasteiger partial charge is 0.466 e. The highest BCUT2D eigenvalue weighted by molar-refractivity contribution is 7.15. The molecule has 0 amide bonds. The van der Waals surface area contributed by atoms with E-state index in [1.807, 2.05) is 12.1 Å². The number of aromatic nitrogens is 1. The Kier molecular flexibility index (Phi) is 6.09. The molecule has 6 heteroatoms. The van der Waals surface area contributed by atoms with E-state index in [1.165, 1.54) is 16.9 Å². The first-order valence-electron chi connectivity index (χ1n) is 7.19. The minimum atomic E-state index is -0.239. The van der Waals surface area contributed by atoms with E-state index in [9.17, 15) is 4.79 Å². The Bertz CT molecular complexity index is 635. The van der Waals surface area contributed by atoms with Gasteiger partial charge in [-0.15, -0.1) is 0 Å². The van der Waals surface area contributed by atoms with Crippen LogP contribution in [0, 0.1) is 0 Å². The van der Waals surface area contributed by atoms with Crippen LogP contribution in [0.25, 0.3) is 0 Å². The van der Waals surface area contributed by atoms with Gasteiger partial charge in [0.2, 0.25) is 5.13 Å². The summed E-state index contributed by atoms with van der Waals surface area (Å²) in [4.78, 5) is 16.4. The summed E-state index contributed by atoms with van der Waals surface area (Å²) < 4.78 is 4.90. The van der Waals surface area contributed by atoms with E-state index in [0.29, 0.717) is 11.7 Å². The standard InChI is InChI=1S/C16H19N3O2S/c1-3-12-5-7-13(8-6-12)10-18-19-16-17-11-14(22-16)9-15(20)21-4-2/h5-8,10-11H,3-4,9H2,1-2H3,(H,17,19)/b18-10+. The van der Waals surface area contributed by atoms with Gasteiger partial charge in [0, 0.05) is 11.1 Å². The Labute approximate surface area is 134 Å². The number of nitrogens with zero attached hydrogens (tertiary/aromatic N) is 2. The third kappa shape index (κ3) is 4.96. The van der Waals surface area contributed by atoms with Crippen molar-refractivity contribution in [1.82, 2.24) is 4.98 Å². The van der Waals surface area contributed by atoms with Crippen molar-refractivity contribution >= 4 is 28.7 Å². The molecule has 22 heavy (non-hydrogen) atoms. The van der Waals surface area contributed by atoms with E-state index >= 15 is 0 Å². The molecule has 2 rings (SSSR count). The molecule has 0 aliphatic carbocycles. The van der Waals surface area contributed by atoms with Gasteiger partial charge in [0.05, 0.1) is 19.2 Å². The summed E-state index contributed by atoms with van der Waals surface area (Å²) in [7, 11) is 0. The van der Waals surface area contributed by atoms with Crippen molar-refractivity contribution in [2.75, 3.05) is 12.0 Å². The zero-order valence-corrected chi connectivity index (χ0v) is 13.5. The number of hydrazone groups is 1. The number of anilines is 1. The summed E-state index contributed by atoms with van der Waals surface area (Å²) >= 11 is 1.39. The Morgan fingerprint density at radius 1 is 1.36 bits per heavy atom. The van der Waals surface area contributed by atoms with Crippen molar-refractivity contribution < 1.29 is 9.53 Å². The molecule has 5 nitrogen and oxygen atoms in total. The average Bonchev–Trinajstić information content (AvgIpc) is 2.95. The Balaban J connectivity index is 1.87. The van der Waals surface area contributed by atoms with E-state index < -0.39 is 0 Å². The van der Waals surface area contributed by atoms with Crippen molar-refractivity contribution in [3.05, 3.63) is 46.5 Å². The van der Waals surface area contributed by atoms with Gasteiger partial charge in [0.15, 0.2) is 0 Å². The van der Waals surface area contributed by atoms with Crippen LogP contribution in [0.3, 0.4) is 0 Å². The van der Waals surface area contributed by atoms with E-state index in [0.717, 1.165) is 16.9 Å². The molecule has 1 aromatic heterocycles. The molecule has 0 fully saturated rings. The number of carbonyl (C=O) groups excluding carboxylic acids is 1. The highest BCUT2D eigenvalue weighted by Gasteiger charge is 2.07. The maximum absolute atomic E-state index is 11.4. The third-order valence-electron chi connectivity index (χ3n) is 2.94. The van der Waals surface area contributed by atoms with Gasteiger partial charge < -0.3 is 4.74 Å². The molecule has 2 aromatic rings. The summed E-state index contributed by atoms with van der Waals surface area (Å²) in [6.07, 6.45) is 4.68. The van der Waals surface area contributed by atoms with Gasteiger partial charge in [-0.1, -0.05) is 42.5 Å². The summed E-state index contributed by atoms with van der Waals surface area (Å²) in [5, 5.41) is 4.81. The van der Waals surface area contributed by atoms with Crippen LogP contribution in [-0.2, 0) is 22.4 Å². The molecule has 0 unspecified atom stereocenters. The minimum absolute atomic E-state index is 0.239. The van der Waals surface area contributed by atoms with Crippen LogP contribution in [0.2, 0.25) is 0 Å². The molecule has 1 aromatic carbocycles. The molecule has 1 heterocycles.